The van der Waals surface area contributed by atoms with E-state index in [4.69, 9.17) is 39.5 Å². The number of hydrogen-bond acceptors (Lipinski definition) is 5. The van der Waals surface area contributed by atoms with Crippen molar-refractivity contribution in [3.05, 3.63) is 74.1 Å². The molecular weight excluding hydrogens is 449 g/mol. The zero-order valence-corrected chi connectivity index (χ0v) is 17.3. The summed E-state index contributed by atoms with van der Waals surface area (Å²) >= 11 is 17.6. The van der Waals surface area contributed by atoms with Crippen molar-refractivity contribution < 1.29 is 13.2 Å². The lowest BCUT2D eigenvalue weighted by Crippen LogP contribution is -2.21. The molecule has 0 aliphatic heterocycles. The molecule has 0 aliphatic carbocycles. The Morgan fingerprint density at radius 1 is 1.04 bits per heavy atom. The number of hydrogen-bond donors (Lipinski definition) is 1. The fourth-order valence-electron chi connectivity index (χ4n) is 2.31. The van der Waals surface area contributed by atoms with Gasteiger partial charge in [-0.25, -0.2) is 8.42 Å². The van der Waals surface area contributed by atoms with Gasteiger partial charge in [0.25, 0.3) is 15.6 Å². The molecule has 28 heavy (non-hydrogen) atoms. The molecule has 0 fully saturated rings. The van der Waals surface area contributed by atoms with E-state index in [0.717, 1.165) is 4.68 Å². The smallest absolute Gasteiger partial charge is 0.291 e. The van der Waals surface area contributed by atoms with Crippen LogP contribution in [0.1, 0.15) is 0 Å². The minimum Gasteiger partial charge on any atom is -0.495 e. The number of methoxy groups -OCH3 is 1. The predicted octanol–water partition coefficient (Wildman–Crippen LogP) is 4.00. The van der Waals surface area contributed by atoms with Crippen LogP contribution in [0.4, 0.5) is 5.69 Å². The highest BCUT2D eigenvalue weighted by molar-refractivity contribution is 7.92. The summed E-state index contributed by atoms with van der Waals surface area (Å²) in [6.45, 7) is 0. The molecule has 1 heterocycles. The molecule has 1 aromatic heterocycles. The van der Waals surface area contributed by atoms with Gasteiger partial charge in [0.05, 0.1) is 39.6 Å². The summed E-state index contributed by atoms with van der Waals surface area (Å²) in [5.74, 6) is 0.425. The van der Waals surface area contributed by atoms with Gasteiger partial charge in [0.15, 0.2) is 0 Å². The first-order valence-corrected chi connectivity index (χ1v) is 10.2. The number of nitrogens with one attached hydrogen (secondary N) is 1. The Kier molecular flexibility index (Phi) is 5.85. The van der Waals surface area contributed by atoms with Crippen molar-refractivity contribution in [2.75, 3.05) is 11.8 Å². The monoisotopic (exact) mass is 459 g/mol. The minimum atomic E-state index is -3.88. The third kappa shape index (κ3) is 4.10. The fraction of sp³-hybridized carbons (Fsp3) is 0.0588. The summed E-state index contributed by atoms with van der Waals surface area (Å²) in [5, 5.41) is 4.01. The Balaban J connectivity index is 1.89. The molecule has 3 rings (SSSR count). The summed E-state index contributed by atoms with van der Waals surface area (Å²) in [6, 6.07) is 10.0. The average molecular weight is 461 g/mol. The van der Waals surface area contributed by atoms with Crippen molar-refractivity contribution in [2.24, 2.45) is 0 Å². The number of ether oxygens (including phenoxy) is 1. The van der Waals surface area contributed by atoms with Crippen LogP contribution in [-0.2, 0) is 10.0 Å². The number of sulfonamides is 1. The van der Waals surface area contributed by atoms with E-state index in [1.807, 2.05) is 0 Å². The Labute approximate surface area is 175 Å². The minimum absolute atomic E-state index is 0.0173. The number of nitrogens with zero attached hydrogens (tertiary/aromatic N) is 2. The van der Waals surface area contributed by atoms with Crippen molar-refractivity contribution in [1.29, 1.82) is 0 Å². The van der Waals surface area contributed by atoms with E-state index >= 15 is 0 Å². The number of halogens is 3. The van der Waals surface area contributed by atoms with Crippen molar-refractivity contribution >= 4 is 50.5 Å². The van der Waals surface area contributed by atoms with E-state index in [1.165, 1.54) is 49.7 Å². The summed E-state index contributed by atoms with van der Waals surface area (Å²) in [4.78, 5) is 12.1. The molecule has 0 radical (unpaired) electrons. The Morgan fingerprint density at radius 3 is 2.32 bits per heavy atom. The molecule has 0 saturated heterocycles. The highest BCUT2D eigenvalue weighted by Crippen LogP contribution is 2.28. The largest absolute Gasteiger partial charge is 0.495 e. The van der Waals surface area contributed by atoms with Gasteiger partial charge in [-0.15, -0.1) is 0 Å². The predicted molar refractivity (Wildman–Crippen MR) is 109 cm³/mol. The van der Waals surface area contributed by atoms with Crippen LogP contribution in [-0.4, -0.2) is 25.3 Å². The molecule has 0 unspecified atom stereocenters. The SMILES string of the molecule is COc1ccc(NS(=O)(=O)c2ccc(-n3ncc(Cl)c(Cl)c3=O)cc2)cc1Cl. The number of anilines is 1. The van der Waals surface area contributed by atoms with Gasteiger partial charge in [0.1, 0.15) is 10.8 Å². The Bertz CT molecular complexity index is 1200. The summed E-state index contributed by atoms with van der Waals surface area (Å²) < 4.78 is 33.6. The molecular formula is C17H12Cl3N3O4S. The maximum atomic E-state index is 12.6. The standard InChI is InChI=1S/C17H12Cl3N3O4S/c1-27-15-7-2-10(8-13(15)18)22-28(25,26)12-5-3-11(4-6-12)23-17(24)16(20)14(19)9-21-23/h2-9,22H,1H3. The van der Waals surface area contributed by atoms with E-state index in [-0.39, 0.29) is 25.7 Å². The third-order valence-corrected chi connectivity index (χ3v) is 6.11. The molecule has 0 aliphatic rings. The summed E-state index contributed by atoms with van der Waals surface area (Å²) in [5.41, 5.74) is -0.0111. The molecule has 2 aromatic carbocycles. The molecule has 0 spiro atoms. The molecule has 0 saturated carbocycles. The van der Waals surface area contributed by atoms with Crippen LogP contribution in [0.3, 0.4) is 0 Å². The van der Waals surface area contributed by atoms with Crippen molar-refractivity contribution in [1.82, 2.24) is 9.78 Å². The van der Waals surface area contributed by atoms with E-state index < -0.39 is 15.6 Å². The van der Waals surface area contributed by atoms with Gasteiger partial charge in [-0.3, -0.25) is 9.52 Å². The lowest BCUT2D eigenvalue weighted by atomic mass is 10.3. The zero-order chi connectivity index (χ0) is 20.5. The molecule has 0 bridgehead atoms. The first kappa shape index (κ1) is 20.5. The van der Waals surface area contributed by atoms with E-state index in [2.05, 4.69) is 9.82 Å². The van der Waals surface area contributed by atoms with Crippen LogP contribution < -0.4 is 15.0 Å². The summed E-state index contributed by atoms with van der Waals surface area (Å²) in [6.07, 6.45) is 1.23. The van der Waals surface area contributed by atoms with Crippen molar-refractivity contribution in [3.8, 4) is 11.4 Å². The van der Waals surface area contributed by atoms with Crippen LogP contribution in [0.25, 0.3) is 5.69 Å². The first-order valence-electron chi connectivity index (χ1n) is 7.63. The lowest BCUT2D eigenvalue weighted by molar-refractivity contribution is 0.415. The quantitative estimate of drug-likeness (QED) is 0.621. The molecule has 0 amide bonds. The van der Waals surface area contributed by atoms with Crippen LogP contribution in [0.5, 0.6) is 5.75 Å². The summed E-state index contributed by atoms with van der Waals surface area (Å²) in [7, 11) is -2.42. The molecule has 0 atom stereocenters. The van der Waals surface area contributed by atoms with Crippen LogP contribution in [0, 0.1) is 0 Å². The van der Waals surface area contributed by atoms with Crippen LogP contribution in [0.15, 0.2) is 58.4 Å². The maximum Gasteiger partial charge on any atom is 0.291 e. The van der Waals surface area contributed by atoms with Gasteiger partial charge in [0, 0.05) is 0 Å². The van der Waals surface area contributed by atoms with Gasteiger partial charge in [-0.2, -0.15) is 9.78 Å². The van der Waals surface area contributed by atoms with E-state index in [9.17, 15) is 13.2 Å². The molecule has 1 N–H and O–H groups in total. The number of aromatic nitrogens is 2. The van der Waals surface area contributed by atoms with Gasteiger partial charge >= 0.3 is 0 Å². The second kappa shape index (κ2) is 8.00. The van der Waals surface area contributed by atoms with Gasteiger partial charge < -0.3 is 4.74 Å². The maximum absolute atomic E-state index is 12.6. The van der Waals surface area contributed by atoms with Gasteiger partial charge in [-0.1, -0.05) is 34.8 Å². The third-order valence-electron chi connectivity index (χ3n) is 3.67. The highest BCUT2D eigenvalue weighted by atomic mass is 35.5. The van der Waals surface area contributed by atoms with Crippen molar-refractivity contribution in [2.45, 2.75) is 4.90 Å². The van der Waals surface area contributed by atoms with E-state index in [1.54, 1.807) is 6.07 Å². The lowest BCUT2D eigenvalue weighted by Gasteiger charge is -2.11. The van der Waals surface area contributed by atoms with Crippen LogP contribution >= 0.6 is 34.8 Å². The molecule has 7 nitrogen and oxygen atoms in total. The Morgan fingerprint density at radius 2 is 1.71 bits per heavy atom. The van der Waals surface area contributed by atoms with Gasteiger partial charge in [-0.05, 0) is 42.5 Å². The van der Waals surface area contributed by atoms with Crippen LogP contribution in [0.2, 0.25) is 15.1 Å². The number of benzene rings is 2. The zero-order valence-electron chi connectivity index (χ0n) is 14.2. The molecule has 11 heteroatoms. The highest BCUT2D eigenvalue weighted by Gasteiger charge is 2.16. The normalized spacial score (nSPS) is 11.3. The van der Waals surface area contributed by atoms with Gasteiger partial charge in [0.2, 0.25) is 0 Å². The topological polar surface area (TPSA) is 90.3 Å². The fourth-order valence-corrected chi connectivity index (χ4v) is 3.87. The molecule has 146 valence electrons. The van der Waals surface area contributed by atoms with Crippen molar-refractivity contribution in [3.63, 3.8) is 0 Å². The first-order chi connectivity index (χ1) is 13.2. The molecule has 3 aromatic rings. The Hall–Kier alpha value is -2.26. The second-order valence-corrected chi connectivity index (χ2v) is 8.35. The second-order valence-electron chi connectivity index (χ2n) is 5.47. The number of rotatable bonds is 5. The van der Waals surface area contributed by atoms with E-state index in [0.29, 0.717) is 11.4 Å². The average Bonchev–Trinajstić information content (AvgIpc) is 2.66.